The largest absolute Gasteiger partial charge is 0.411 e. The highest BCUT2D eigenvalue weighted by molar-refractivity contribution is 6.74. The van der Waals surface area contributed by atoms with Crippen LogP contribution >= 0.6 is 0 Å². The highest BCUT2D eigenvalue weighted by Crippen LogP contribution is 2.40. The average Bonchev–Trinajstić information content (AvgIpc) is 3.37. The summed E-state index contributed by atoms with van der Waals surface area (Å²) in [4.78, 5) is 0. The average molecular weight is 457 g/mol. The predicted molar refractivity (Wildman–Crippen MR) is 132 cm³/mol. The van der Waals surface area contributed by atoms with Crippen LogP contribution in [0.1, 0.15) is 111 Å². The van der Waals surface area contributed by atoms with Crippen molar-refractivity contribution in [2.75, 3.05) is 6.61 Å². The van der Waals surface area contributed by atoms with Gasteiger partial charge < -0.3 is 19.0 Å². The molecule has 2 heterocycles. The first-order chi connectivity index (χ1) is 14.7. The van der Waals surface area contributed by atoms with E-state index in [0.717, 1.165) is 32.1 Å². The zero-order chi connectivity index (χ0) is 22.9. The van der Waals surface area contributed by atoms with Gasteiger partial charge in [0.1, 0.15) is 0 Å². The summed E-state index contributed by atoms with van der Waals surface area (Å²) in [6, 6.07) is 0. The van der Waals surface area contributed by atoms with Crippen molar-refractivity contribution in [2.45, 2.75) is 160 Å². The molecule has 0 amide bonds. The Morgan fingerprint density at radius 2 is 1.45 bits per heavy atom. The summed E-state index contributed by atoms with van der Waals surface area (Å²) in [5.74, 6) is 0. The van der Waals surface area contributed by atoms with Gasteiger partial charge in [-0.15, -0.1) is 0 Å². The third-order valence-electron chi connectivity index (χ3n) is 7.85. The van der Waals surface area contributed by atoms with Crippen molar-refractivity contribution in [1.82, 2.24) is 0 Å². The maximum Gasteiger partial charge on any atom is 0.192 e. The van der Waals surface area contributed by atoms with Crippen LogP contribution in [-0.2, 0) is 13.9 Å². The summed E-state index contributed by atoms with van der Waals surface area (Å²) in [7, 11) is -1.84. The number of unbranched alkanes of at least 4 members (excludes halogenated alkanes) is 7. The van der Waals surface area contributed by atoms with E-state index in [9.17, 15) is 5.11 Å². The Balaban J connectivity index is 1.86. The van der Waals surface area contributed by atoms with Crippen molar-refractivity contribution in [1.29, 1.82) is 0 Å². The molecule has 2 rings (SSSR count). The maximum atomic E-state index is 9.39. The van der Waals surface area contributed by atoms with Gasteiger partial charge in [-0.1, -0.05) is 79.1 Å². The van der Waals surface area contributed by atoms with Crippen LogP contribution in [0.3, 0.4) is 0 Å². The molecule has 0 bridgehead atoms. The van der Waals surface area contributed by atoms with E-state index in [1.165, 1.54) is 51.4 Å². The summed E-state index contributed by atoms with van der Waals surface area (Å²) in [5, 5.41) is 9.60. The Morgan fingerprint density at radius 1 is 0.871 bits per heavy atom. The van der Waals surface area contributed by atoms with Gasteiger partial charge in [-0.2, -0.15) is 0 Å². The van der Waals surface area contributed by atoms with Crippen LogP contribution < -0.4 is 0 Å². The van der Waals surface area contributed by atoms with E-state index in [-0.39, 0.29) is 42.2 Å². The second kappa shape index (κ2) is 13.1. The fraction of sp³-hybridized carbons (Fsp3) is 1.00. The van der Waals surface area contributed by atoms with E-state index < -0.39 is 8.32 Å². The fourth-order valence-corrected chi connectivity index (χ4v) is 6.11. The van der Waals surface area contributed by atoms with E-state index >= 15 is 0 Å². The lowest BCUT2D eigenvalue weighted by Gasteiger charge is -2.41. The van der Waals surface area contributed by atoms with E-state index in [4.69, 9.17) is 13.9 Å². The lowest BCUT2D eigenvalue weighted by Crippen LogP contribution is -2.47. The Morgan fingerprint density at radius 3 is 2.03 bits per heavy atom. The van der Waals surface area contributed by atoms with Gasteiger partial charge in [0.2, 0.25) is 0 Å². The van der Waals surface area contributed by atoms with Crippen molar-refractivity contribution in [3.8, 4) is 0 Å². The lowest BCUT2D eigenvalue weighted by molar-refractivity contribution is -0.0958. The van der Waals surface area contributed by atoms with Gasteiger partial charge in [-0.25, -0.2) is 0 Å². The number of hydrogen-bond donors (Lipinski definition) is 1. The molecule has 0 spiro atoms. The minimum atomic E-state index is -1.84. The van der Waals surface area contributed by atoms with Gasteiger partial charge in [-0.3, -0.25) is 0 Å². The van der Waals surface area contributed by atoms with E-state index in [0.29, 0.717) is 0 Å². The first-order valence-electron chi connectivity index (χ1n) is 13.3. The molecule has 2 aliphatic heterocycles. The molecule has 1 N–H and O–H groups in total. The van der Waals surface area contributed by atoms with Crippen LogP contribution in [0.4, 0.5) is 0 Å². The summed E-state index contributed by atoms with van der Waals surface area (Å²) in [5.41, 5.74) is 0. The quantitative estimate of drug-likeness (QED) is 0.226. The first kappa shape index (κ1) is 27.3. The fourth-order valence-electron chi connectivity index (χ4n) is 4.73. The van der Waals surface area contributed by atoms with Crippen molar-refractivity contribution in [2.24, 2.45) is 0 Å². The molecule has 0 saturated carbocycles. The van der Waals surface area contributed by atoms with Gasteiger partial charge >= 0.3 is 0 Å². The highest BCUT2D eigenvalue weighted by atomic mass is 28.4. The molecule has 0 aromatic rings. The SMILES string of the molecule is CCCCCCCCCC[C@H](O[Si](C)(C)C(C)(C)C)[C@H]1CC[C@@H]([C@@H]2CC[C@H](CO)O2)O1. The molecule has 2 saturated heterocycles. The monoisotopic (exact) mass is 456 g/mol. The Kier molecular flexibility index (Phi) is 11.5. The smallest absolute Gasteiger partial charge is 0.192 e. The summed E-state index contributed by atoms with van der Waals surface area (Å²) < 4.78 is 19.5. The molecule has 0 radical (unpaired) electrons. The molecule has 184 valence electrons. The molecule has 2 aliphatic rings. The number of aliphatic hydroxyl groups excluding tert-OH is 1. The second-order valence-corrected chi connectivity index (χ2v) is 16.3. The molecule has 5 atom stereocenters. The molecule has 4 nitrogen and oxygen atoms in total. The molecule has 5 heteroatoms. The van der Waals surface area contributed by atoms with Crippen molar-refractivity contribution < 1.29 is 19.0 Å². The van der Waals surface area contributed by atoms with Crippen LogP contribution in [-0.4, -0.2) is 50.6 Å². The number of ether oxygens (including phenoxy) is 2. The van der Waals surface area contributed by atoms with Gasteiger partial charge in [0.05, 0.1) is 37.1 Å². The number of aliphatic hydroxyl groups is 1. The van der Waals surface area contributed by atoms with Crippen LogP contribution in [0, 0.1) is 0 Å². The molecule has 0 unspecified atom stereocenters. The van der Waals surface area contributed by atoms with Gasteiger partial charge in [-0.05, 0) is 50.2 Å². The highest BCUT2D eigenvalue weighted by Gasteiger charge is 2.44. The van der Waals surface area contributed by atoms with Crippen LogP contribution in [0.15, 0.2) is 0 Å². The van der Waals surface area contributed by atoms with E-state index in [1.807, 2.05) is 0 Å². The summed E-state index contributed by atoms with van der Waals surface area (Å²) in [6.45, 7) is 14.1. The maximum absolute atomic E-state index is 9.39. The number of hydrogen-bond acceptors (Lipinski definition) is 4. The zero-order valence-corrected chi connectivity index (χ0v) is 22.5. The van der Waals surface area contributed by atoms with Crippen molar-refractivity contribution in [3.05, 3.63) is 0 Å². The zero-order valence-electron chi connectivity index (χ0n) is 21.5. The third kappa shape index (κ3) is 8.73. The molecular weight excluding hydrogens is 404 g/mol. The van der Waals surface area contributed by atoms with Crippen LogP contribution in [0.5, 0.6) is 0 Å². The normalized spacial score (nSPS) is 28.4. The van der Waals surface area contributed by atoms with E-state index in [1.54, 1.807) is 0 Å². The van der Waals surface area contributed by atoms with Crippen LogP contribution in [0.25, 0.3) is 0 Å². The third-order valence-corrected chi connectivity index (χ3v) is 12.4. The lowest BCUT2D eigenvalue weighted by atomic mass is 10.0. The second-order valence-electron chi connectivity index (χ2n) is 11.5. The van der Waals surface area contributed by atoms with E-state index in [2.05, 4.69) is 40.8 Å². The molecule has 0 aromatic carbocycles. The van der Waals surface area contributed by atoms with Gasteiger partial charge in [0.15, 0.2) is 8.32 Å². The summed E-state index contributed by atoms with van der Waals surface area (Å²) in [6.07, 6.45) is 16.7. The van der Waals surface area contributed by atoms with Crippen molar-refractivity contribution in [3.63, 3.8) is 0 Å². The van der Waals surface area contributed by atoms with Gasteiger partial charge in [0, 0.05) is 0 Å². The minimum Gasteiger partial charge on any atom is -0.411 e. The molecular formula is C26H52O4Si. The summed E-state index contributed by atoms with van der Waals surface area (Å²) >= 11 is 0. The topological polar surface area (TPSA) is 47.9 Å². The first-order valence-corrected chi connectivity index (χ1v) is 16.2. The predicted octanol–water partition coefficient (Wildman–Crippen LogP) is 7.00. The number of rotatable bonds is 14. The molecule has 2 fully saturated rings. The minimum absolute atomic E-state index is 0.00394. The molecule has 0 aliphatic carbocycles. The Hall–Kier alpha value is 0.0569. The molecule has 0 aromatic heterocycles. The Labute approximate surface area is 193 Å². The van der Waals surface area contributed by atoms with Crippen molar-refractivity contribution >= 4 is 8.32 Å². The Bertz CT molecular complexity index is 490. The van der Waals surface area contributed by atoms with Gasteiger partial charge in [0.25, 0.3) is 0 Å². The van der Waals surface area contributed by atoms with Crippen LogP contribution in [0.2, 0.25) is 18.1 Å². The molecule has 31 heavy (non-hydrogen) atoms. The standard InChI is InChI=1S/C26H52O4Si/c1-7-8-9-10-11-12-13-14-15-25(30-31(5,6)26(2,3)4)24-19-18-23(29-24)22-17-16-21(20-27)28-22/h21-25,27H,7-20H2,1-6H3/t21-,22+,23+,24-,25+/m1/s1.